The van der Waals surface area contributed by atoms with Crippen molar-refractivity contribution < 1.29 is 13.5 Å². The van der Waals surface area contributed by atoms with Crippen LogP contribution < -0.4 is 5.73 Å². The molecule has 1 heterocycles. The van der Waals surface area contributed by atoms with Crippen LogP contribution in [0.5, 0.6) is 0 Å². The quantitative estimate of drug-likeness (QED) is 0.905. The minimum absolute atomic E-state index is 0.101. The number of aryl methyl sites for hydroxylation is 1. The van der Waals surface area contributed by atoms with E-state index < -0.39 is 17.3 Å². The maximum atomic E-state index is 14.2. The van der Waals surface area contributed by atoms with Gasteiger partial charge in [-0.05, 0) is 33.8 Å². The van der Waals surface area contributed by atoms with E-state index in [2.05, 4.69) is 4.99 Å². The van der Waals surface area contributed by atoms with E-state index in [1.807, 2.05) is 6.92 Å². The first-order valence-electron chi connectivity index (χ1n) is 6.59. The molecule has 1 unspecified atom stereocenters. The largest absolute Gasteiger partial charge is 0.459 e. The highest BCUT2D eigenvalue weighted by molar-refractivity contribution is 5.73. The second-order valence-electron chi connectivity index (χ2n) is 6.08. The van der Waals surface area contributed by atoms with Gasteiger partial charge in [0.05, 0.1) is 5.54 Å². The highest BCUT2D eigenvalue weighted by Gasteiger charge is 2.43. The van der Waals surface area contributed by atoms with Gasteiger partial charge in [0.2, 0.25) is 0 Å². The van der Waals surface area contributed by atoms with Crippen LogP contribution in [0.3, 0.4) is 0 Å². The van der Waals surface area contributed by atoms with E-state index in [4.69, 9.17) is 10.5 Å². The molecule has 110 valence electrons. The van der Waals surface area contributed by atoms with Gasteiger partial charge in [-0.3, -0.25) is 0 Å². The summed E-state index contributed by atoms with van der Waals surface area (Å²) in [6, 6.07) is 4.70. The molecule has 20 heavy (non-hydrogen) atoms. The zero-order valence-electron chi connectivity index (χ0n) is 12.2. The van der Waals surface area contributed by atoms with Crippen LogP contribution in [0.1, 0.15) is 38.3 Å². The van der Waals surface area contributed by atoms with Crippen LogP contribution in [-0.4, -0.2) is 17.8 Å². The number of nitrogens with zero attached hydrogens (tertiary/aromatic N) is 1. The minimum atomic E-state index is -1.58. The third-order valence-electron chi connectivity index (χ3n) is 3.67. The second kappa shape index (κ2) is 4.72. The van der Waals surface area contributed by atoms with E-state index >= 15 is 0 Å². The molecule has 2 N–H and O–H groups in total. The van der Waals surface area contributed by atoms with Crippen molar-refractivity contribution in [3.63, 3.8) is 0 Å². The lowest BCUT2D eigenvalue weighted by Crippen LogP contribution is -2.47. The molecular formula is C15H20F2N2O. The van der Waals surface area contributed by atoms with Gasteiger partial charge in [0.15, 0.2) is 0 Å². The van der Waals surface area contributed by atoms with Gasteiger partial charge in [-0.1, -0.05) is 17.7 Å². The zero-order valence-corrected chi connectivity index (χ0v) is 12.2. The average Bonchev–Trinajstić information content (AvgIpc) is 2.30. The van der Waals surface area contributed by atoms with Gasteiger partial charge in [0.1, 0.15) is 17.6 Å². The summed E-state index contributed by atoms with van der Waals surface area (Å²) in [5, 5.41) is 0. The van der Waals surface area contributed by atoms with Gasteiger partial charge in [-0.15, -0.1) is 0 Å². The van der Waals surface area contributed by atoms with Crippen molar-refractivity contribution >= 4 is 6.02 Å². The molecule has 0 amide bonds. The van der Waals surface area contributed by atoms with Crippen molar-refractivity contribution in [2.45, 2.75) is 51.4 Å². The molecule has 1 aliphatic heterocycles. The molecule has 1 aromatic carbocycles. The zero-order chi connectivity index (χ0) is 15.1. The van der Waals surface area contributed by atoms with E-state index in [1.165, 1.54) is 19.9 Å². The number of hydrogen-bond donors (Lipinski definition) is 1. The van der Waals surface area contributed by atoms with Crippen molar-refractivity contribution in [3.8, 4) is 0 Å². The molecule has 0 spiro atoms. The minimum Gasteiger partial charge on any atom is -0.459 e. The molecule has 0 fully saturated rings. The summed E-state index contributed by atoms with van der Waals surface area (Å²) in [6.07, 6.45) is -0.526. The Morgan fingerprint density at radius 2 is 2.10 bits per heavy atom. The summed E-state index contributed by atoms with van der Waals surface area (Å²) in [5.41, 5.74) is 4.49. The Hall–Kier alpha value is -1.65. The van der Waals surface area contributed by atoms with Crippen molar-refractivity contribution in [1.82, 2.24) is 0 Å². The van der Waals surface area contributed by atoms with Gasteiger partial charge in [-0.25, -0.2) is 13.8 Å². The van der Waals surface area contributed by atoms with E-state index in [1.54, 1.807) is 19.1 Å². The van der Waals surface area contributed by atoms with Crippen LogP contribution in [0, 0.1) is 12.7 Å². The molecule has 1 aliphatic rings. The molecule has 0 aliphatic carbocycles. The fourth-order valence-corrected chi connectivity index (χ4v) is 2.47. The smallest absolute Gasteiger partial charge is 0.283 e. The van der Waals surface area contributed by atoms with E-state index in [0.717, 1.165) is 5.56 Å². The summed E-state index contributed by atoms with van der Waals surface area (Å²) in [6.45, 7) is 6.46. The van der Waals surface area contributed by atoms with Crippen LogP contribution in [0.4, 0.5) is 8.78 Å². The van der Waals surface area contributed by atoms with Crippen LogP contribution in [0.15, 0.2) is 23.2 Å². The van der Waals surface area contributed by atoms with Crippen molar-refractivity contribution in [2.75, 3.05) is 0 Å². The summed E-state index contributed by atoms with van der Waals surface area (Å²) < 4.78 is 33.5. The topological polar surface area (TPSA) is 47.6 Å². The highest BCUT2D eigenvalue weighted by Crippen LogP contribution is 2.39. The Morgan fingerprint density at radius 1 is 1.45 bits per heavy atom. The molecule has 0 radical (unpaired) electrons. The summed E-state index contributed by atoms with van der Waals surface area (Å²) in [5.74, 6) is -0.369. The fourth-order valence-electron chi connectivity index (χ4n) is 2.47. The maximum Gasteiger partial charge on any atom is 0.283 e. The molecule has 5 heteroatoms. The van der Waals surface area contributed by atoms with E-state index in [-0.39, 0.29) is 18.3 Å². The Bertz CT molecular complexity index is 551. The summed E-state index contributed by atoms with van der Waals surface area (Å²) >= 11 is 0. The third-order valence-corrected chi connectivity index (χ3v) is 3.67. The van der Waals surface area contributed by atoms with Crippen molar-refractivity contribution in [3.05, 3.63) is 35.1 Å². The predicted octanol–water partition coefficient (Wildman–Crippen LogP) is 3.20. The number of nitrogens with two attached hydrogens (primary N) is 1. The Balaban J connectivity index is 2.48. The van der Waals surface area contributed by atoms with E-state index in [0.29, 0.717) is 5.56 Å². The van der Waals surface area contributed by atoms with Crippen molar-refractivity contribution in [1.29, 1.82) is 0 Å². The first-order valence-corrected chi connectivity index (χ1v) is 6.59. The lowest BCUT2D eigenvalue weighted by Gasteiger charge is -2.39. The van der Waals surface area contributed by atoms with Gasteiger partial charge in [-0.2, -0.15) is 0 Å². The van der Waals surface area contributed by atoms with Crippen LogP contribution >= 0.6 is 0 Å². The SMILES string of the molecule is Cc1ccc(F)c([C@]2(C)CC(C(C)(C)F)OC(N)=N2)c1. The lowest BCUT2D eigenvalue weighted by molar-refractivity contribution is -0.00573. The number of benzene rings is 1. The van der Waals surface area contributed by atoms with Gasteiger partial charge in [0, 0.05) is 12.0 Å². The molecule has 0 bridgehead atoms. The van der Waals surface area contributed by atoms with Gasteiger partial charge in [0.25, 0.3) is 6.02 Å². The Kier molecular flexibility index (Phi) is 3.48. The molecule has 1 aromatic rings. The number of rotatable bonds is 2. The average molecular weight is 282 g/mol. The maximum absolute atomic E-state index is 14.2. The number of amidine groups is 1. The molecule has 0 aromatic heterocycles. The van der Waals surface area contributed by atoms with Crippen LogP contribution in [0.25, 0.3) is 0 Å². The summed E-state index contributed by atoms with van der Waals surface area (Å²) in [7, 11) is 0. The molecular weight excluding hydrogens is 262 g/mol. The number of ether oxygens (including phenoxy) is 1. The number of halogens is 2. The van der Waals surface area contributed by atoms with E-state index in [9.17, 15) is 8.78 Å². The third kappa shape index (κ3) is 2.76. The molecule has 0 saturated heterocycles. The van der Waals surface area contributed by atoms with Gasteiger partial charge >= 0.3 is 0 Å². The Labute approximate surface area is 117 Å². The highest BCUT2D eigenvalue weighted by atomic mass is 19.1. The Morgan fingerprint density at radius 3 is 2.70 bits per heavy atom. The standard InChI is InChI=1S/C15H20F2N2O/c1-9-5-6-11(16)10(7-9)15(4)8-12(14(2,3)17)20-13(18)19-15/h5-7,12H,8H2,1-4H3,(H2,18,19)/t12?,15-/m0/s1. The monoisotopic (exact) mass is 282 g/mol. The number of alkyl halides is 1. The van der Waals surface area contributed by atoms with Crippen molar-refractivity contribution in [2.24, 2.45) is 10.7 Å². The predicted molar refractivity (Wildman–Crippen MR) is 74.8 cm³/mol. The molecule has 2 rings (SSSR count). The molecule has 3 nitrogen and oxygen atoms in total. The van der Waals surface area contributed by atoms with Crippen LogP contribution in [-0.2, 0) is 10.3 Å². The first-order chi connectivity index (χ1) is 9.12. The summed E-state index contributed by atoms with van der Waals surface area (Å²) in [4.78, 5) is 4.22. The number of hydrogen-bond acceptors (Lipinski definition) is 3. The molecule has 2 atom stereocenters. The first kappa shape index (κ1) is 14.8. The van der Waals surface area contributed by atoms with Gasteiger partial charge < -0.3 is 10.5 Å². The lowest BCUT2D eigenvalue weighted by atomic mass is 9.82. The fraction of sp³-hybridized carbons (Fsp3) is 0.533. The molecule has 0 saturated carbocycles. The second-order valence-corrected chi connectivity index (χ2v) is 6.08. The normalized spacial score (nSPS) is 26.9. The van der Waals surface area contributed by atoms with Crippen LogP contribution in [0.2, 0.25) is 0 Å². The number of aliphatic imine (C=N–C) groups is 1.